The first-order valence-corrected chi connectivity index (χ1v) is 30.4. The number of aryl methyl sites for hydroxylation is 2. The molecule has 0 radical (unpaired) electrons. The molecule has 0 aliphatic heterocycles. The van der Waals surface area contributed by atoms with Crippen LogP contribution in [-0.2, 0) is 17.4 Å². The Hall–Kier alpha value is -2.10. The molecule has 46 heavy (non-hydrogen) atoms. The second-order valence-electron chi connectivity index (χ2n) is 14.4. The smallest absolute Gasteiger partial charge is 0.147 e. The second-order valence-corrected chi connectivity index (χ2v) is 44.9. The van der Waals surface area contributed by atoms with Crippen LogP contribution in [0.3, 0.4) is 0 Å². The van der Waals surface area contributed by atoms with Crippen molar-refractivity contribution in [1.29, 1.82) is 0 Å². The van der Waals surface area contributed by atoms with E-state index in [0.29, 0.717) is 7.25 Å². The molecule has 0 bridgehead atoms. The fraction of sp³-hybridized carbons (Fsp3) is 0.350. The van der Waals surface area contributed by atoms with Gasteiger partial charge in [-0.15, -0.1) is 24.8 Å². The number of unbranched alkanes of at least 4 members (excludes halogenated alkanes) is 2. The number of hydrogen-bond donors (Lipinski definition) is 0. The van der Waals surface area contributed by atoms with Crippen molar-refractivity contribution in [2.24, 2.45) is 0 Å². The number of halogens is 2. The zero-order valence-electron chi connectivity index (χ0n) is 28.4. The fourth-order valence-corrected chi connectivity index (χ4v) is 28.5. The second kappa shape index (κ2) is 14.6. The van der Waals surface area contributed by atoms with E-state index in [4.69, 9.17) is 9.97 Å². The standard InChI is InChI=1S/2C19H20N.2CH3.2ClH.H2Si.Zr/c2*1-3-4-7-15-12-17-14(2)9-10-16(18(17)13-15)19-8-5-6-11-20-19;;;;;;/h2*5-6,8-13H,3-4,7H2,1-2H3;2*1H3;2*1H;1H2;. The van der Waals surface area contributed by atoms with E-state index >= 15 is 0 Å². The average Bonchev–Trinajstić information content (AvgIpc) is 3.62. The van der Waals surface area contributed by atoms with Crippen LogP contribution in [0.1, 0.15) is 93.0 Å². The van der Waals surface area contributed by atoms with E-state index in [1.54, 1.807) is 22.3 Å². The molecule has 0 N–H and O–H groups in total. The van der Waals surface area contributed by atoms with Crippen molar-refractivity contribution in [2.45, 2.75) is 82.7 Å². The SMILES string of the molecule is CCCCC1=Cc2c(-c3ccccn3)ccc(C)c2[CH]1[Zr]([CH3])([CH3])(=[SiH2])[CH]1C(CCCC)=Cc2c(-c3ccccn3)ccc(C)c21.Cl.Cl. The van der Waals surface area contributed by atoms with Crippen LogP contribution in [0.2, 0.25) is 9.26 Å². The van der Waals surface area contributed by atoms with Crippen LogP contribution < -0.4 is 0 Å². The van der Waals surface area contributed by atoms with Gasteiger partial charge in [0.05, 0.1) is 0 Å². The molecule has 2 atom stereocenters. The molecule has 2 nitrogen and oxygen atoms in total. The number of hydrogen-bond acceptors (Lipinski definition) is 2. The van der Waals surface area contributed by atoms with Gasteiger partial charge in [-0.05, 0) is 0 Å². The molecule has 2 aliphatic carbocycles. The molecule has 2 aromatic heterocycles. The van der Waals surface area contributed by atoms with E-state index in [1.807, 2.05) is 24.5 Å². The molecule has 242 valence electrons. The van der Waals surface area contributed by atoms with E-state index in [1.165, 1.54) is 71.9 Å². The maximum atomic E-state index is 4.83. The number of pyridine rings is 2. The van der Waals surface area contributed by atoms with E-state index < -0.39 is 17.4 Å². The van der Waals surface area contributed by atoms with Crippen LogP contribution in [-0.4, -0.2) is 16.8 Å². The molecule has 2 heterocycles. The number of nitrogens with zero attached hydrogens (tertiary/aromatic N) is 2. The third-order valence-corrected chi connectivity index (χ3v) is 27.8. The molecule has 0 saturated heterocycles. The minimum atomic E-state index is -3.78. The van der Waals surface area contributed by atoms with Gasteiger partial charge in [-0.2, -0.15) is 0 Å². The summed E-state index contributed by atoms with van der Waals surface area (Å²) in [4.78, 5) is 9.65. The Bertz CT molecular complexity index is 1710. The third-order valence-electron chi connectivity index (χ3n) is 10.4. The van der Waals surface area contributed by atoms with Crippen molar-refractivity contribution in [3.63, 3.8) is 0 Å². The van der Waals surface area contributed by atoms with Gasteiger partial charge in [-0.3, -0.25) is 0 Å². The third kappa shape index (κ3) is 6.49. The van der Waals surface area contributed by atoms with Gasteiger partial charge < -0.3 is 0 Å². The number of allylic oxidation sites excluding steroid dienone is 2. The molecule has 0 spiro atoms. The Morgan fingerprint density at radius 3 is 1.39 bits per heavy atom. The van der Waals surface area contributed by atoms with Gasteiger partial charge in [0.25, 0.3) is 0 Å². The molecule has 4 aromatic rings. The van der Waals surface area contributed by atoms with Gasteiger partial charge in [0, 0.05) is 0 Å². The predicted octanol–water partition coefficient (Wildman–Crippen LogP) is 11.6. The average molecular weight is 749 g/mol. The van der Waals surface area contributed by atoms with E-state index in [-0.39, 0.29) is 24.8 Å². The van der Waals surface area contributed by atoms with E-state index in [0.717, 1.165) is 11.4 Å². The van der Waals surface area contributed by atoms with Gasteiger partial charge in [0.2, 0.25) is 0 Å². The first-order chi connectivity index (χ1) is 21.1. The molecule has 0 amide bonds. The summed E-state index contributed by atoms with van der Waals surface area (Å²) in [6.45, 7) is 11.9. The van der Waals surface area contributed by atoms with Gasteiger partial charge in [-0.25, -0.2) is 0 Å². The number of fused-ring (bicyclic) bond motifs is 2. The van der Waals surface area contributed by atoms with Gasteiger partial charge in [-0.1, -0.05) is 0 Å². The van der Waals surface area contributed by atoms with Gasteiger partial charge in [0.15, 0.2) is 0 Å². The topological polar surface area (TPSA) is 25.8 Å². The summed E-state index contributed by atoms with van der Waals surface area (Å²) in [5, 5.41) is 0. The summed E-state index contributed by atoms with van der Waals surface area (Å²) in [5.41, 5.74) is 17.1. The maximum Gasteiger partial charge on any atom is -0.147 e. The number of rotatable bonds is 10. The monoisotopic (exact) mass is 746 g/mol. The van der Waals surface area contributed by atoms with Crippen molar-refractivity contribution < 1.29 is 17.4 Å². The Labute approximate surface area is 291 Å². The zero-order valence-corrected chi connectivity index (χ0v) is 33.9. The molecule has 0 saturated carbocycles. The summed E-state index contributed by atoms with van der Waals surface area (Å²) in [6, 6.07) is 22.0. The van der Waals surface area contributed by atoms with Crippen LogP contribution >= 0.6 is 24.8 Å². The largest absolute Gasteiger partial charge is 0.147 e. The molecule has 6 heteroatoms. The molecule has 2 aliphatic rings. The first kappa shape index (κ1) is 36.7. The first-order valence-electron chi connectivity index (χ1n) is 16.7. The van der Waals surface area contributed by atoms with Crippen molar-refractivity contribution in [3.8, 4) is 22.5 Å². The Morgan fingerprint density at radius 1 is 0.630 bits per heavy atom. The van der Waals surface area contributed by atoms with E-state index in [2.05, 4.69) is 105 Å². The quantitative estimate of drug-likeness (QED) is 0.151. The Kier molecular flexibility index (Phi) is 11.6. The van der Waals surface area contributed by atoms with Crippen molar-refractivity contribution >= 4 is 43.8 Å². The number of aromatic nitrogens is 2. The van der Waals surface area contributed by atoms with Crippen LogP contribution in [0.4, 0.5) is 0 Å². The van der Waals surface area contributed by atoms with Gasteiger partial charge >= 0.3 is 269 Å². The van der Waals surface area contributed by atoms with Crippen molar-refractivity contribution in [2.75, 3.05) is 0 Å². The Balaban J connectivity index is 0.00000240. The minimum absolute atomic E-state index is 0. The number of benzene rings is 2. The molecule has 6 rings (SSSR count). The van der Waals surface area contributed by atoms with Crippen molar-refractivity contribution in [1.82, 2.24) is 9.97 Å². The predicted molar refractivity (Wildman–Crippen MR) is 204 cm³/mol. The van der Waals surface area contributed by atoms with Crippen LogP contribution in [0.15, 0.2) is 84.2 Å². The molecular weight excluding hydrogens is 699 g/mol. The normalized spacial score (nSPS) is 16.9. The van der Waals surface area contributed by atoms with Gasteiger partial charge in [0.1, 0.15) is 0 Å². The fourth-order valence-electron chi connectivity index (χ4n) is 8.49. The molecule has 2 aromatic carbocycles. The van der Waals surface area contributed by atoms with E-state index in [9.17, 15) is 0 Å². The zero-order chi connectivity index (χ0) is 31.1. The van der Waals surface area contributed by atoms with Crippen LogP contribution in [0.5, 0.6) is 0 Å². The molecule has 0 fully saturated rings. The summed E-state index contributed by atoms with van der Waals surface area (Å²) in [6.07, 6.45) is 16.4. The van der Waals surface area contributed by atoms with Crippen molar-refractivity contribution in [3.05, 3.63) is 118 Å². The maximum absolute atomic E-state index is 4.83. The Morgan fingerprint density at radius 2 is 1.04 bits per heavy atom. The minimum Gasteiger partial charge on any atom is -0.147 e. The van der Waals surface area contributed by atoms with Crippen LogP contribution in [0, 0.1) is 13.8 Å². The summed E-state index contributed by atoms with van der Waals surface area (Å²) >= 11 is -3.78. The summed E-state index contributed by atoms with van der Waals surface area (Å²) in [7, 11) is 0. The summed E-state index contributed by atoms with van der Waals surface area (Å²) < 4.78 is 6.63. The van der Waals surface area contributed by atoms with Crippen LogP contribution in [0.25, 0.3) is 34.7 Å². The summed E-state index contributed by atoms with van der Waals surface area (Å²) in [5.74, 6) is 0. The molecule has 2 unspecified atom stereocenters. The molecular formula is C40H50Cl2N2SiZr.